The molecule has 3 aromatic rings. The minimum absolute atomic E-state index is 0.259. The van der Waals surface area contributed by atoms with Crippen LogP contribution in [0, 0.1) is 13.8 Å². The number of aryl methyl sites for hydroxylation is 2. The first-order valence-corrected chi connectivity index (χ1v) is 8.52. The van der Waals surface area contributed by atoms with Gasteiger partial charge in [0, 0.05) is 11.8 Å². The lowest BCUT2D eigenvalue weighted by molar-refractivity contribution is 0.102. The molecule has 0 spiro atoms. The van der Waals surface area contributed by atoms with Gasteiger partial charge in [0.2, 0.25) is 0 Å². The molecule has 1 N–H and O–H groups in total. The van der Waals surface area contributed by atoms with Gasteiger partial charge in [-0.2, -0.15) is 0 Å². The summed E-state index contributed by atoms with van der Waals surface area (Å²) >= 11 is 0. The molecule has 132 valence electrons. The zero-order valence-electron chi connectivity index (χ0n) is 15.1. The second-order valence-electron chi connectivity index (χ2n) is 5.94. The minimum Gasteiger partial charge on any atom is -0.492 e. The highest BCUT2D eigenvalue weighted by molar-refractivity contribution is 6.05. The van der Waals surface area contributed by atoms with E-state index in [4.69, 9.17) is 4.74 Å². The smallest absolute Gasteiger partial charge is 0.259 e. The second kappa shape index (κ2) is 7.78. The molecule has 1 heterocycles. The van der Waals surface area contributed by atoms with Gasteiger partial charge in [-0.3, -0.25) is 4.79 Å². The molecule has 0 saturated heterocycles. The fourth-order valence-electron chi connectivity index (χ4n) is 2.57. The molecule has 1 aromatic heterocycles. The van der Waals surface area contributed by atoms with E-state index in [0.29, 0.717) is 35.1 Å². The van der Waals surface area contributed by atoms with Crippen molar-refractivity contribution in [1.29, 1.82) is 0 Å². The average Bonchev–Trinajstić information content (AvgIpc) is 2.64. The monoisotopic (exact) mass is 347 g/mol. The number of para-hydroxylation sites is 2. The van der Waals surface area contributed by atoms with Crippen LogP contribution in [-0.4, -0.2) is 22.5 Å². The molecule has 0 aliphatic rings. The SMILES string of the molecule is CCOc1ccccc1NC(=O)c1cnc(-c2ccc(C)cc2)nc1C. The van der Waals surface area contributed by atoms with Gasteiger partial charge in [0.05, 0.1) is 23.6 Å². The van der Waals surface area contributed by atoms with Crippen molar-refractivity contribution in [1.82, 2.24) is 9.97 Å². The Morgan fingerprint density at radius 1 is 1.08 bits per heavy atom. The predicted octanol–water partition coefficient (Wildman–Crippen LogP) is 4.41. The first-order valence-electron chi connectivity index (χ1n) is 8.52. The standard InChI is InChI=1S/C21H21N3O2/c1-4-26-19-8-6-5-7-18(19)24-21(25)17-13-22-20(23-15(17)3)16-11-9-14(2)10-12-16/h5-13H,4H2,1-3H3,(H,24,25). The van der Waals surface area contributed by atoms with E-state index in [1.807, 2.05) is 63.2 Å². The molecule has 0 fully saturated rings. The van der Waals surface area contributed by atoms with E-state index in [1.165, 1.54) is 5.56 Å². The maximum absolute atomic E-state index is 12.6. The lowest BCUT2D eigenvalue weighted by Gasteiger charge is -2.12. The van der Waals surface area contributed by atoms with Crippen LogP contribution in [0.15, 0.2) is 54.7 Å². The van der Waals surface area contributed by atoms with Crippen molar-refractivity contribution in [2.75, 3.05) is 11.9 Å². The van der Waals surface area contributed by atoms with Crippen LogP contribution in [0.1, 0.15) is 28.5 Å². The Morgan fingerprint density at radius 3 is 2.50 bits per heavy atom. The Labute approximate surface area is 153 Å². The van der Waals surface area contributed by atoms with E-state index in [2.05, 4.69) is 15.3 Å². The van der Waals surface area contributed by atoms with E-state index in [1.54, 1.807) is 12.3 Å². The molecular weight excluding hydrogens is 326 g/mol. The molecule has 0 radical (unpaired) electrons. The summed E-state index contributed by atoms with van der Waals surface area (Å²) in [7, 11) is 0. The maximum Gasteiger partial charge on any atom is 0.259 e. The summed E-state index contributed by atoms with van der Waals surface area (Å²) in [6, 6.07) is 15.3. The summed E-state index contributed by atoms with van der Waals surface area (Å²) in [6.45, 7) is 6.27. The number of rotatable bonds is 5. The molecule has 1 amide bonds. The molecule has 2 aromatic carbocycles. The number of carbonyl (C=O) groups is 1. The molecule has 0 atom stereocenters. The highest BCUT2D eigenvalue weighted by atomic mass is 16.5. The third-order valence-electron chi connectivity index (χ3n) is 3.97. The van der Waals surface area contributed by atoms with E-state index < -0.39 is 0 Å². The van der Waals surface area contributed by atoms with Crippen LogP contribution >= 0.6 is 0 Å². The Bertz CT molecular complexity index is 921. The van der Waals surface area contributed by atoms with Gasteiger partial charge < -0.3 is 10.1 Å². The lowest BCUT2D eigenvalue weighted by atomic mass is 10.1. The van der Waals surface area contributed by atoms with Gasteiger partial charge in [0.15, 0.2) is 5.82 Å². The number of nitrogens with one attached hydrogen (secondary N) is 1. The van der Waals surface area contributed by atoms with Gasteiger partial charge in [0.1, 0.15) is 5.75 Å². The highest BCUT2D eigenvalue weighted by Gasteiger charge is 2.14. The van der Waals surface area contributed by atoms with E-state index >= 15 is 0 Å². The topological polar surface area (TPSA) is 64.1 Å². The van der Waals surface area contributed by atoms with Crippen LogP contribution in [0.25, 0.3) is 11.4 Å². The van der Waals surface area contributed by atoms with E-state index in [9.17, 15) is 4.79 Å². The van der Waals surface area contributed by atoms with Gasteiger partial charge in [-0.15, -0.1) is 0 Å². The summed E-state index contributed by atoms with van der Waals surface area (Å²) in [5, 5.41) is 2.88. The Morgan fingerprint density at radius 2 is 1.81 bits per heavy atom. The van der Waals surface area contributed by atoms with Crippen molar-refractivity contribution in [3.63, 3.8) is 0 Å². The predicted molar refractivity (Wildman–Crippen MR) is 103 cm³/mol. The molecule has 5 heteroatoms. The molecule has 0 aliphatic heterocycles. The molecule has 26 heavy (non-hydrogen) atoms. The van der Waals surface area contributed by atoms with Crippen molar-refractivity contribution in [2.24, 2.45) is 0 Å². The molecule has 0 saturated carbocycles. The van der Waals surface area contributed by atoms with Crippen molar-refractivity contribution >= 4 is 11.6 Å². The number of benzene rings is 2. The number of aromatic nitrogens is 2. The van der Waals surface area contributed by atoms with E-state index in [-0.39, 0.29) is 5.91 Å². The fourth-order valence-corrected chi connectivity index (χ4v) is 2.57. The summed E-state index contributed by atoms with van der Waals surface area (Å²) in [4.78, 5) is 21.5. The summed E-state index contributed by atoms with van der Waals surface area (Å²) in [6.07, 6.45) is 1.57. The number of nitrogens with zero attached hydrogens (tertiary/aromatic N) is 2. The van der Waals surface area contributed by atoms with Crippen LogP contribution in [0.4, 0.5) is 5.69 Å². The third-order valence-corrected chi connectivity index (χ3v) is 3.97. The first-order chi connectivity index (χ1) is 12.6. The first kappa shape index (κ1) is 17.6. The lowest BCUT2D eigenvalue weighted by Crippen LogP contribution is -2.15. The van der Waals surface area contributed by atoms with Crippen LogP contribution in [-0.2, 0) is 0 Å². The molecule has 5 nitrogen and oxygen atoms in total. The van der Waals surface area contributed by atoms with Crippen LogP contribution in [0.5, 0.6) is 5.75 Å². The van der Waals surface area contributed by atoms with Gasteiger partial charge in [-0.05, 0) is 32.9 Å². The minimum atomic E-state index is -0.259. The van der Waals surface area contributed by atoms with Crippen LogP contribution in [0.3, 0.4) is 0 Å². The number of hydrogen-bond donors (Lipinski definition) is 1. The Kier molecular flexibility index (Phi) is 5.27. The largest absolute Gasteiger partial charge is 0.492 e. The molecule has 0 bridgehead atoms. The quantitative estimate of drug-likeness (QED) is 0.742. The number of ether oxygens (including phenoxy) is 1. The van der Waals surface area contributed by atoms with Crippen LogP contribution < -0.4 is 10.1 Å². The highest BCUT2D eigenvalue weighted by Crippen LogP contribution is 2.25. The van der Waals surface area contributed by atoms with Gasteiger partial charge >= 0.3 is 0 Å². The molecule has 0 aliphatic carbocycles. The Balaban J connectivity index is 1.83. The number of anilines is 1. The van der Waals surface area contributed by atoms with E-state index in [0.717, 1.165) is 5.56 Å². The number of hydrogen-bond acceptors (Lipinski definition) is 4. The molecule has 3 rings (SSSR count). The zero-order valence-corrected chi connectivity index (χ0v) is 15.1. The summed E-state index contributed by atoms with van der Waals surface area (Å²) in [5.74, 6) is 0.983. The summed E-state index contributed by atoms with van der Waals surface area (Å²) in [5.41, 5.74) is 3.79. The average molecular weight is 347 g/mol. The van der Waals surface area contributed by atoms with Gasteiger partial charge in [0.25, 0.3) is 5.91 Å². The third kappa shape index (κ3) is 3.88. The molecule has 0 unspecified atom stereocenters. The van der Waals surface area contributed by atoms with Crippen molar-refractivity contribution in [3.8, 4) is 17.1 Å². The van der Waals surface area contributed by atoms with Crippen molar-refractivity contribution in [2.45, 2.75) is 20.8 Å². The second-order valence-corrected chi connectivity index (χ2v) is 5.94. The number of amides is 1. The number of carbonyl (C=O) groups excluding carboxylic acids is 1. The fraction of sp³-hybridized carbons (Fsp3) is 0.190. The van der Waals surface area contributed by atoms with Crippen LogP contribution in [0.2, 0.25) is 0 Å². The maximum atomic E-state index is 12.6. The summed E-state index contributed by atoms with van der Waals surface area (Å²) < 4.78 is 5.54. The van der Waals surface area contributed by atoms with Gasteiger partial charge in [-0.25, -0.2) is 9.97 Å². The van der Waals surface area contributed by atoms with Gasteiger partial charge in [-0.1, -0.05) is 42.0 Å². The zero-order chi connectivity index (χ0) is 18.5. The Hall–Kier alpha value is -3.21. The van der Waals surface area contributed by atoms with Crippen molar-refractivity contribution < 1.29 is 9.53 Å². The van der Waals surface area contributed by atoms with Crippen molar-refractivity contribution in [3.05, 3.63) is 71.5 Å². The molecular formula is C21H21N3O2. The normalized spacial score (nSPS) is 10.4.